The number of nitrogens with one attached hydrogen (secondary N) is 2. The molecule has 2 aromatic rings. The summed E-state index contributed by atoms with van der Waals surface area (Å²) in [5, 5.41) is 10.8. The van der Waals surface area contributed by atoms with Crippen LogP contribution < -0.4 is 10.6 Å². The molecule has 2 heterocycles. The Kier molecular flexibility index (Phi) is 7.46. The van der Waals surface area contributed by atoms with Gasteiger partial charge in [-0.15, -0.1) is 12.4 Å². The molecule has 142 valence electrons. The van der Waals surface area contributed by atoms with E-state index in [9.17, 15) is 4.79 Å². The average molecular weight is 400 g/mol. The molecule has 1 aromatic carbocycles. The Labute approximate surface area is 164 Å². The molecule has 1 aliphatic heterocycles. The highest BCUT2D eigenvalue weighted by atomic mass is 35.5. The van der Waals surface area contributed by atoms with Crippen LogP contribution in [-0.4, -0.2) is 44.4 Å². The van der Waals surface area contributed by atoms with Gasteiger partial charge in [0, 0.05) is 35.7 Å². The van der Waals surface area contributed by atoms with Crippen LogP contribution >= 0.6 is 24.0 Å². The zero-order chi connectivity index (χ0) is 17.7. The zero-order valence-electron chi connectivity index (χ0n) is 14.6. The number of carbonyl (C=O) groups is 1. The van der Waals surface area contributed by atoms with Crippen LogP contribution in [0, 0.1) is 5.41 Å². The Morgan fingerprint density at radius 2 is 2.15 bits per heavy atom. The Morgan fingerprint density at radius 3 is 2.85 bits per heavy atom. The van der Waals surface area contributed by atoms with Crippen LogP contribution in [0.3, 0.4) is 0 Å². The number of carbonyl (C=O) groups excluding carboxylic acids is 1. The summed E-state index contributed by atoms with van der Waals surface area (Å²) >= 11 is 5.99. The Balaban J connectivity index is 0.00000243. The highest BCUT2D eigenvalue weighted by Crippen LogP contribution is 2.28. The summed E-state index contributed by atoms with van der Waals surface area (Å²) < 4.78 is 10.7. The molecular weight excluding hydrogens is 377 g/mol. The Morgan fingerprint density at radius 1 is 1.38 bits per heavy atom. The quantitative estimate of drug-likeness (QED) is 0.779. The fourth-order valence-electron chi connectivity index (χ4n) is 3.15. The van der Waals surface area contributed by atoms with Crippen molar-refractivity contribution in [3.8, 4) is 11.3 Å². The number of methoxy groups -OCH3 is 1. The van der Waals surface area contributed by atoms with E-state index >= 15 is 0 Å². The van der Waals surface area contributed by atoms with Gasteiger partial charge < -0.3 is 19.9 Å². The number of amides is 1. The molecular formula is C18H23Cl2N3O3. The second kappa shape index (κ2) is 9.37. The molecule has 0 bridgehead atoms. The number of hydrogen-bond acceptors (Lipinski definition) is 5. The first-order chi connectivity index (χ1) is 12.1. The largest absolute Gasteiger partial charge is 0.384 e. The fraction of sp³-hybridized carbons (Fsp3) is 0.444. The molecule has 0 unspecified atom stereocenters. The number of nitrogens with zero attached hydrogens (tertiary/aromatic N) is 1. The van der Waals surface area contributed by atoms with Crippen LogP contribution in [0.25, 0.3) is 11.3 Å². The zero-order valence-corrected chi connectivity index (χ0v) is 16.2. The van der Waals surface area contributed by atoms with Crippen molar-refractivity contribution < 1.29 is 14.1 Å². The van der Waals surface area contributed by atoms with E-state index in [1.165, 1.54) is 0 Å². The summed E-state index contributed by atoms with van der Waals surface area (Å²) in [6.45, 7) is 3.05. The smallest absolute Gasteiger partial charge is 0.273 e. The molecule has 8 heteroatoms. The lowest BCUT2D eigenvalue weighted by atomic mass is 9.79. The maximum atomic E-state index is 12.4. The minimum Gasteiger partial charge on any atom is -0.384 e. The molecule has 1 amide bonds. The van der Waals surface area contributed by atoms with Crippen molar-refractivity contribution in [2.45, 2.75) is 12.8 Å². The predicted octanol–water partition coefficient (Wildman–Crippen LogP) is 3.16. The SMILES string of the molecule is COCC1(CNC(=O)c2cc(-c3cccc(Cl)c3)on2)CCNCC1.Cl. The number of piperidine rings is 1. The molecule has 1 fully saturated rings. The number of ether oxygens (including phenoxy) is 1. The topological polar surface area (TPSA) is 76.4 Å². The van der Waals surface area contributed by atoms with Crippen molar-refractivity contribution >= 4 is 29.9 Å². The lowest BCUT2D eigenvalue weighted by Gasteiger charge is -2.37. The summed E-state index contributed by atoms with van der Waals surface area (Å²) in [5.41, 5.74) is 1.01. The second-order valence-electron chi connectivity index (χ2n) is 6.45. The van der Waals surface area contributed by atoms with E-state index in [0.29, 0.717) is 23.9 Å². The molecule has 2 N–H and O–H groups in total. The van der Waals surface area contributed by atoms with Crippen LogP contribution in [0.2, 0.25) is 5.02 Å². The van der Waals surface area contributed by atoms with Gasteiger partial charge in [0.1, 0.15) is 0 Å². The molecule has 1 aliphatic rings. The first-order valence-corrected chi connectivity index (χ1v) is 8.70. The van der Waals surface area contributed by atoms with Crippen molar-refractivity contribution in [1.82, 2.24) is 15.8 Å². The molecule has 1 aromatic heterocycles. The third-order valence-corrected chi connectivity index (χ3v) is 4.83. The van der Waals surface area contributed by atoms with Crippen LogP contribution in [0.1, 0.15) is 23.3 Å². The first-order valence-electron chi connectivity index (χ1n) is 8.32. The summed E-state index contributed by atoms with van der Waals surface area (Å²) in [5.74, 6) is 0.271. The standard InChI is InChI=1S/C18H22ClN3O3.ClH/c1-24-12-18(5-7-20-8-6-18)11-21-17(23)15-10-16(25-22-15)13-3-2-4-14(19)9-13;/h2-4,9-10,20H,5-8,11-12H2,1H3,(H,21,23);1H. The Bertz CT molecular complexity index is 724. The third kappa shape index (κ3) is 4.98. The summed E-state index contributed by atoms with van der Waals surface area (Å²) in [7, 11) is 1.69. The molecule has 3 rings (SSSR count). The molecule has 26 heavy (non-hydrogen) atoms. The van der Waals surface area contributed by atoms with Crippen molar-refractivity contribution in [1.29, 1.82) is 0 Å². The predicted molar refractivity (Wildman–Crippen MR) is 103 cm³/mol. The minimum absolute atomic E-state index is 0. The van der Waals surface area contributed by atoms with Crippen LogP contribution in [0.15, 0.2) is 34.9 Å². The Hall–Kier alpha value is -1.60. The molecule has 0 atom stereocenters. The van der Waals surface area contributed by atoms with Gasteiger partial charge in [-0.05, 0) is 38.1 Å². The number of halogens is 2. The van der Waals surface area contributed by atoms with Gasteiger partial charge in [0.15, 0.2) is 11.5 Å². The maximum Gasteiger partial charge on any atom is 0.273 e. The average Bonchev–Trinajstić information content (AvgIpc) is 3.11. The van der Waals surface area contributed by atoms with Crippen molar-refractivity contribution in [3.63, 3.8) is 0 Å². The van der Waals surface area contributed by atoms with Gasteiger partial charge in [0.2, 0.25) is 0 Å². The van der Waals surface area contributed by atoms with Gasteiger partial charge in [-0.1, -0.05) is 28.9 Å². The van der Waals surface area contributed by atoms with Crippen LogP contribution in [-0.2, 0) is 4.74 Å². The monoisotopic (exact) mass is 399 g/mol. The highest BCUT2D eigenvalue weighted by molar-refractivity contribution is 6.30. The summed E-state index contributed by atoms with van der Waals surface area (Å²) in [6, 6.07) is 8.87. The molecule has 0 radical (unpaired) electrons. The van der Waals surface area contributed by atoms with E-state index in [-0.39, 0.29) is 29.4 Å². The number of rotatable bonds is 6. The van der Waals surface area contributed by atoms with E-state index in [2.05, 4.69) is 15.8 Å². The van der Waals surface area contributed by atoms with Gasteiger partial charge in [0.25, 0.3) is 5.91 Å². The summed E-state index contributed by atoms with van der Waals surface area (Å²) in [6.07, 6.45) is 1.93. The lowest BCUT2D eigenvalue weighted by molar-refractivity contribution is 0.0510. The number of benzene rings is 1. The van der Waals surface area contributed by atoms with Crippen molar-refractivity contribution in [2.24, 2.45) is 5.41 Å². The second-order valence-corrected chi connectivity index (χ2v) is 6.89. The normalized spacial score (nSPS) is 15.9. The van der Waals surface area contributed by atoms with Gasteiger partial charge in [-0.3, -0.25) is 4.79 Å². The van der Waals surface area contributed by atoms with E-state index in [1.54, 1.807) is 25.3 Å². The van der Waals surface area contributed by atoms with Crippen molar-refractivity contribution in [2.75, 3.05) is 33.4 Å². The number of aromatic nitrogens is 1. The van der Waals surface area contributed by atoms with E-state index in [1.807, 2.05) is 12.1 Å². The van der Waals surface area contributed by atoms with Gasteiger partial charge in [0.05, 0.1) is 6.61 Å². The molecule has 1 saturated heterocycles. The molecule has 0 saturated carbocycles. The fourth-order valence-corrected chi connectivity index (χ4v) is 3.34. The van der Waals surface area contributed by atoms with Crippen molar-refractivity contribution in [3.05, 3.63) is 41.0 Å². The highest BCUT2D eigenvalue weighted by Gasteiger charge is 2.32. The van der Waals surface area contributed by atoms with Crippen LogP contribution in [0.5, 0.6) is 0 Å². The molecule has 6 nitrogen and oxygen atoms in total. The minimum atomic E-state index is -0.244. The lowest BCUT2D eigenvalue weighted by Crippen LogP contribution is -2.47. The summed E-state index contributed by atoms with van der Waals surface area (Å²) in [4.78, 5) is 12.4. The van der Waals surface area contributed by atoms with E-state index < -0.39 is 0 Å². The maximum absolute atomic E-state index is 12.4. The van der Waals surface area contributed by atoms with Gasteiger partial charge in [-0.2, -0.15) is 0 Å². The van der Waals surface area contributed by atoms with Gasteiger partial charge in [-0.25, -0.2) is 0 Å². The number of hydrogen-bond donors (Lipinski definition) is 2. The van der Waals surface area contributed by atoms with Crippen LogP contribution in [0.4, 0.5) is 0 Å². The van der Waals surface area contributed by atoms with E-state index in [0.717, 1.165) is 31.5 Å². The van der Waals surface area contributed by atoms with Gasteiger partial charge >= 0.3 is 0 Å². The third-order valence-electron chi connectivity index (χ3n) is 4.59. The van der Waals surface area contributed by atoms with E-state index in [4.69, 9.17) is 20.9 Å². The first kappa shape index (κ1) is 20.7. The molecule has 0 aliphatic carbocycles. The molecule has 0 spiro atoms.